The van der Waals surface area contributed by atoms with Crippen molar-refractivity contribution >= 4 is 29.9 Å². The van der Waals surface area contributed by atoms with E-state index in [0.717, 1.165) is 18.7 Å². The fourth-order valence-electron chi connectivity index (χ4n) is 2.71. The fraction of sp³-hybridized carbons (Fsp3) is 0.375. The number of likely N-dealkylation sites (tertiary alicyclic amines) is 1. The van der Waals surface area contributed by atoms with Crippen LogP contribution >= 0.6 is 24.0 Å². The zero-order valence-electron chi connectivity index (χ0n) is 12.9. The molecule has 0 aliphatic carbocycles. The number of carbonyl (C=O) groups excluding carboxylic acids is 1. The molecule has 3 rings (SSSR count). The Morgan fingerprint density at radius 3 is 2.70 bits per heavy atom. The average Bonchev–Trinajstić information content (AvgIpc) is 3.15. The molecule has 1 aromatic heterocycles. The monoisotopic (exact) mass is 354 g/mol. The van der Waals surface area contributed by atoms with Crippen molar-refractivity contribution in [3.8, 4) is 5.69 Å². The Labute approximate surface area is 146 Å². The van der Waals surface area contributed by atoms with Gasteiger partial charge in [0.15, 0.2) is 0 Å². The second kappa shape index (κ2) is 6.91. The van der Waals surface area contributed by atoms with Gasteiger partial charge in [0.05, 0.1) is 17.4 Å². The third-order valence-electron chi connectivity index (χ3n) is 4.26. The van der Waals surface area contributed by atoms with Crippen molar-refractivity contribution in [2.24, 2.45) is 11.1 Å². The van der Waals surface area contributed by atoms with Crippen LogP contribution in [0.25, 0.3) is 5.69 Å². The summed E-state index contributed by atoms with van der Waals surface area (Å²) in [4.78, 5) is 14.4. The van der Waals surface area contributed by atoms with Crippen LogP contribution < -0.4 is 5.73 Å². The lowest BCUT2D eigenvalue weighted by Crippen LogP contribution is -2.34. The zero-order chi connectivity index (χ0) is 15.7. The molecule has 0 saturated carbocycles. The summed E-state index contributed by atoms with van der Waals surface area (Å²) in [6, 6.07) is 7.33. The van der Waals surface area contributed by atoms with E-state index in [1.54, 1.807) is 29.2 Å². The molecule has 2 N–H and O–H groups in total. The molecule has 1 amide bonds. The molecule has 1 atom stereocenters. The Kier molecular flexibility index (Phi) is 5.34. The van der Waals surface area contributed by atoms with Crippen LogP contribution in [0.15, 0.2) is 36.7 Å². The Bertz CT molecular complexity index is 686. The lowest BCUT2D eigenvalue weighted by atomic mass is 9.90. The van der Waals surface area contributed by atoms with Gasteiger partial charge in [0.1, 0.15) is 0 Å². The number of rotatable bonds is 3. The molecule has 0 bridgehead atoms. The lowest BCUT2D eigenvalue weighted by Gasteiger charge is -2.22. The summed E-state index contributed by atoms with van der Waals surface area (Å²) in [6.07, 6.45) is 4.30. The number of aromatic nitrogens is 2. The van der Waals surface area contributed by atoms with Gasteiger partial charge in [-0.05, 0) is 42.6 Å². The molecule has 0 radical (unpaired) electrons. The number of benzene rings is 1. The van der Waals surface area contributed by atoms with Gasteiger partial charge in [0.2, 0.25) is 0 Å². The van der Waals surface area contributed by atoms with Crippen molar-refractivity contribution in [1.29, 1.82) is 0 Å². The van der Waals surface area contributed by atoms with Crippen LogP contribution in [0.3, 0.4) is 0 Å². The Morgan fingerprint density at radius 2 is 2.09 bits per heavy atom. The van der Waals surface area contributed by atoms with Gasteiger partial charge in [-0.3, -0.25) is 4.79 Å². The minimum absolute atomic E-state index is 0. The number of hydrogen-bond donors (Lipinski definition) is 1. The third kappa shape index (κ3) is 3.68. The number of amides is 1. The van der Waals surface area contributed by atoms with Crippen LogP contribution in [-0.4, -0.2) is 40.2 Å². The Morgan fingerprint density at radius 1 is 1.39 bits per heavy atom. The van der Waals surface area contributed by atoms with Gasteiger partial charge in [-0.2, -0.15) is 5.10 Å². The number of halogens is 2. The predicted octanol–water partition coefficient (Wildman–Crippen LogP) is 2.76. The maximum atomic E-state index is 12.6. The molecular weight excluding hydrogens is 335 g/mol. The van der Waals surface area contributed by atoms with E-state index in [2.05, 4.69) is 12.0 Å². The lowest BCUT2D eigenvalue weighted by molar-refractivity contribution is 0.0777. The van der Waals surface area contributed by atoms with Gasteiger partial charge in [0.25, 0.3) is 5.91 Å². The first-order chi connectivity index (χ1) is 10.5. The molecule has 2 aromatic rings. The van der Waals surface area contributed by atoms with Crippen molar-refractivity contribution < 1.29 is 4.79 Å². The van der Waals surface area contributed by atoms with E-state index in [0.29, 0.717) is 23.7 Å². The third-order valence-corrected chi connectivity index (χ3v) is 4.51. The van der Waals surface area contributed by atoms with Gasteiger partial charge < -0.3 is 10.6 Å². The van der Waals surface area contributed by atoms with Crippen LogP contribution in [0, 0.1) is 5.41 Å². The van der Waals surface area contributed by atoms with Crippen molar-refractivity contribution in [3.63, 3.8) is 0 Å². The molecule has 1 fully saturated rings. The summed E-state index contributed by atoms with van der Waals surface area (Å²) in [5, 5.41) is 4.94. The number of hydrogen-bond acceptors (Lipinski definition) is 3. The molecule has 1 aliphatic heterocycles. The van der Waals surface area contributed by atoms with Crippen molar-refractivity contribution in [3.05, 3.63) is 47.2 Å². The standard InChI is InChI=1S/C16H19ClN4O.ClH/c1-16(10-18)6-7-20(11-16)15(22)12-8-19-21(9-12)14-4-2-13(17)3-5-14;/h2-5,8-9H,6-7,10-11,18H2,1H3;1H. The molecule has 1 unspecified atom stereocenters. The van der Waals surface area contributed by atoms with E-state index in [1.807, 2.05) is 17.0 Å². The smallest absolute Gasteiger partial charge is 0.257 e. The Hall–Kier alpha value is -1.56. The summed E-state index contributed by atoms with van der Waals surface area (Å²) >= 11 is 5.88. The van der Waals surface area contributed by atoms with E-state index in [-0.39, 0.29) is 23.7 Å². The molecule has 1 aliphatic rings. The highest BCUT2D eigenvalue weighted by Crippen LogP contribution is 2.29. The van der Waals surface area contributed by atoms with Gasteiger partial charge in [-0.15, -0.1) is 12.4 Å². The minimum Gasteiger partial charge on any atom is -0.338 e. The maximum Gasteiger partial charge on any atom is 0.257 e. The molecule has 2 heterocycles. The average molecular weight is 355 g/mol. The van der Waals surface area contributed by atoms with E-state index >= 15 is 0 Å². The second-order valence-electron chi connectivity index (χ2n) is 6.14. The fourth-order valence-corrected chi connectivity index (χ4v) is 2.84. The predicted molar refractivity (Wildman–Crippen MR) is 93.5 cm³/mol. The molecule has 7 heteroatoms. The largest absolute Gasteiger partial charge is 0.338 e. The number of nitrogens with zero attached hydrogens (tertiary/aromatic N) is 3. The maximum absolute atomic E-state index is 12.6. The van der Waals surface area contributed by atoms with E-state index < -0.39 is 0 Å². The van der Waals surface area contributed by atoms with E-state index in [9.17, 15) is 4.79 Å². The highest BCUT2D eigenvalue weighted by atomic mass is 35.5. The van der Waals surface area contributed by atoms with Crippen LogP contribution in [0.4, 0.5) is 0 Å². The molecular formula is C16H20Cl2N4O. The zero-order valence-corrected chi connectivity index (χ0v) is 14.5. The van der Waals surface area contributed by atoms with Crippen molar-refractivity contribution in [2.75, 3.05) is 19.6 Å². The summed E-state index contributed by atoms with van der Waals surface area (Å²) in [5.41, 5.74) is 7.29. The Balaban J connectivity index is 0.00000192. The van der Waals surface area contributed by atoms with Crippen LogP contribution in [0.2, 0.25) is 5.02 Å². The minimum atomic E-state index is 0. The summed E-state index contributed by atoms with van der Waals surface area (Å²) in [5.74, 6) is 0.0115. The first-order valence-electron chi connectivity index (χ1n) is 7.31. The SMILES string of the molecule is CC1(CN)CCN(C(=O)c2cnn(-c3ccc(Cl)cc3)c2)C1.Cl. The molecule has 1 aromatic carbocycles. The summed E-state index contributed by atoms with van der Waals surface area (Å²) in [7, 11) is 0. The first kappa shape index (κ1) is 17.8. The quantitative estimate of drug-likeness (QED) is 0.921. The van der Waals surface area contributed by atoms with Gasteiger partial charge in [0, 0.05) is 24.3 Å². The molecule has 0 spiro atoms. The van der Waals surface area contributed by atoms with Crippen molar-refractivity contribution in [2.45, 2.75) is 13.3 Å². The van der Waals surface area contributed by atoms with Gasteiger partial charge >= 0.3 is 0 Å². The number of nitrogens with two attached hydrogens (primary N) is 1. The van der Waals surface area contributed by atoms with Crippen LogP contribution in [-0.2, 0) is 0 Å². The highest BCUT2D eigenvalue weighted by Gasteiger charge is 2.35. The normalized spacial score (nSPS) is 20.4. The van der Waals surface area contributed by atoms with Crippen LogP contribution in [0.5, 0.6) is 0 Å². The van der Waals surface area contributed by atoms with Gasteiger partial charge in [-0.25, -0.2) is 4.68 Å². The van der Waals surface area contributed by atoms with Crippen molar-refractivity contribution in [1.82, 2.24) is 14.7 Å². The number of carbonyl (C=O) groups is 1. The van der Waals surface area contributed by atoms with E-state index in [4.69, 9.17) is 17.3 Å². The molecule has 1 saturated heterocycles. The summed E-state index contributed by atoms with van der Waals surface area (Å²) < 4.78 is 1.68. The first-order valence-corrected chi connectivity index (χ1v) is 7.68. The summed E-state index contributed by atoms with van der Waals surface area (Å²) in [6.45, 7) is 4.17. The molecule has 23 heavy (non-hydrogen) atoms. The highest BCUT2D eigenvalue weighted by molar-refractivity contribution is 6.30. The van der Waals surface area contributed by atoms with Crippen LogP contribution in [0.1, 0.15) is 23.7 Å². The molecule has 124 valence electrons. The van der Waals surface area contributed by atoms with E-state index in [1.165, 1.54) is 0 Å². The van der Waals surface area contributed by atoms with Gasteiger partial charge in [-0.1, -0.05) is 18.5 Å². The second-order valence-corrected chi connectivity index (χ2v) is 6.58. The topological polar surface area (TPSA) is 64.2 Å². The molecule has 5 nitrogen and oxygen atoms in total.